The average molecular weight is 384 g/mol. The van der Waals surface area contributed by atoms with Gasteiger partial charge >= 0.3 is 0 Å². The van der Waals surface area contributed by atoms with E-state index >= 15 is 0 Å². The molecule has 29 heavy (non-hydrogen) atoms. The van der Waals surface area contributed by atoms with Gasteiger partial charge in [0.05, 0.1) is 12.0 Å². The number of benzene rings is 2. The first-order chi connectivity index (χ1) is 14.1. The zero-order valence-corrected chi connectivity index (χ0v) is 15.2. The van der Waals surface area contributed by atoms with E-state index < -0.39 is 11.5 Å². The van der Waals surface area contributed by atoms with E-state index in [9.17, 15) is 14.4 Å². The Bertz CT molecular complexity index is 1230. The molecule has 6 heteroatoms. The molecule has 2 aromatic heterocycles. The van der Waals surface area contributed by atoms with Crippen LogP contribution in [0.4, 0.5) is 5.69 Å². The van der Waals surface area contributed by atoms with E-state index in [1.807, 2.05) is 6.07 Å². The summed E-state index contributed by atoms with van der Waals surface area (Å²) in [5, 5.41) is 2.67. The van der Waals surface area contributed by atoms with Gasteiger partial charge in [0.15, 0.2) is 5.78 Å². The molecule has 0 aliphatic carbocycles. The van der Waals surface area contributed by atoms with Crippen LogP contribution in [0.5, 0.6) is 0 Å². The standard InChI is InChI=1S/C23H16N2O4/c26-21(15-6-2-1-3-7-15)16-8-4-9-17(14-16)24-22(27)18-11-12-19(25-23(18)28)20-10-5-13-29-20/h1-14H,(H,24,27)(H,25,28). The van der Waals surface area contributed by atoms with Crippen LogP contribution in [0, 0.1) is 0 Å². The number of rotatable bonds is 5. The topological polar surface area (TPSA) is 92.2 Å². The van der Waals surface area contributed by atoms with E-state index in [0.717, 1.165) is 0 Å². The molecular weight excluding hydrogens is 368 g/mol. The fourth-order valence-corrected chi connectivity index (χ4v) is 2.92. The van der Waals surface area contributed by atoms with Gasteiger partial charge in [-0.15, -0.1) is 0 Å². The first kappa shape index (κ1) is 18.2. The highest BCUT2D eigenvalue weighted by molar-refractivity contribution is 6.10. The number of hydrogen-bond acceptors (Lipinski definition) is 4. The van der Waals surface area contributed by atoms with Crippen LogP contribution < -0.4 is 10.9 Å². The molecule has 2 aromatic carbocycles. The lowest BCUT2D eigenvalue weighted by molar-refractivity contribution is 0.102. The Morgan fingerprint density at radius 3 is 2.34 bits per heavy atom. The summed E-state index contributed by atoms with van der Waals surface area (Å²) in [6.45, 7) is 0. The number of carbonyl (C=O) groups is 2. The maximum absolute atomic E-state index is 12.6. The van der Waals surface area contributed by atoms with Crippen molar-refractivity contribution < 1.29 is 14.0 Å². The third-order valence-electron chi connectivity index (χ3n) is 4.36. The third kappa shape index (κ3) is 3.91. The van der Waals surface area contributed by atoms with Crippen molar-refractivity contribution in [2.24, 2.45) is 0 Å². The number of amides is 1. The molecule has 0 saturated heterocycles. The van der Waals surface area contributed by atoms with Crippen LogP contribution >= 0.6 is 0 Å². The second-order valence-corrected chi connectivity index (χ2v) is 6.32. The van der Waals surface area contributed by atoms with Crippen molar-refractivity contribution >= 4 is 17.4 Å². The Balaban J connectivity index is 1.55. The fourth-order valence-electron chi connectivity index (χ4n) is 2.92. The molecule has 1 amide bonds. The first-order valence-electron chi connectivity index (χ1n) is 8.90. The van der Waals surface area contributed by atoms with Crippen LogP contribution in [0.2, 0.25) is 0 Å². The molecule has 0 unspecified atom stereocenters. The van der Waals surface area contributed by atoms with Crippen LogP contribution in [0.3, 0.4) is 0 Å². The Hall–Kier alpha value is -4.19. The minimum atomic E-state index is -0.568. The normalized spacial score (nSPS) is 10.5. The summed E-state index contributed by atoms with van der Waals surface area (Å²) in [5.41, 5.74) is 1.32. The number of pyridine rings is 1. The van der Waals surface area contributed by atoms with E-state index in [0.29, 0.717) is 28.3 Å². The van der Waals surface area contributed by atoms with Gasteiger partial charge in [-0.1, -0.05) is 42.5 Å². The Morgan fingerprint density at radius 1 is 0.828 bits per heavy atom. The highest BCUT2D eigenvalue weighted by atomic mass is 16.3. The summed E-state index contributed by atoms with van der Waals surface area (Å²) in [6.07, 6.45) is 1.50. The third-order valence-corrected chi connectivity index (χ3v) is 4.36. The first-order valence-corrected chi connectivity index (χ1v) is 8.90. The van der Waals surface area contributed by atoms with Crippen molar-refractivity contribution in [2.45, 2.75) is 0 Å². The van der Waals surface area contributed by atoms with Crippen LogP contribution in [-0.4, -0.2) is 16.7 Å². The number of ketones is 1. The van der Waals surface area contributed by atoms with Gasteiger partial charge in [0.1, 0.15) is 11.3 Å². The van der Waals surface area contributed by atoms with E-state index in [4.69, 9.17) is 4.42 Å². The molecule has 0 saturated carbocycles. The monoisotopic (exact) mass is 384 g/mol. The summed E-state index contributed by atoms with van der Waals surface area (Å²) >= 11 is 0. The van der Waals surface area contributed by atoms with E-state index in [-0.39, 0.29) is 11.3 Å². The summed E-state index contributed by atoms with van der Waals surface area (Å²) in [4.78, 5) is 40.1. The van der Waals surface area contributed by atoms with E-state index in [2.05, 4.69) is 10.3 Å². The van der Waals surface area contributed by atoms with Crippen LogP contribution in [0.25, 0.3) is 11.5 Å². The smallest absolute Gasteiger partial charge is 0.261 e. The lowest BCUT2D eigenvalue weighted by Gasteiger charge is -2.07. The molecule has 0 atom stereocenters. The van der Waals surface area contributed by atoms with Gasteiger partial charge in [-0.25, -0.2) is 0 Å². The summed E-state index contributed by atoms with van der Waals surface area (Å²) < 4.78 is 5.24. The summed E-state index contributed by atoms with van der Waals surface area (Å²) in [6, 6.07) is 21.9. The Kier molecular flexibility index (Phi) is 4.90. The highest BCUT2D eigenvalue weighted by Gasteiger charge is 2.14. The van der Waals surface area contributed by atoms with Crippen molar-refractivity contribution in [3.8, 4) is 11.5 Å². The summed E-state index contributed by atoms with van der Waals surface area (Å²) in [5.74, 6) is -0.218. The molecule has 142 valence electrons. The molecule has 6 nitrogen and oxygen atoms in total. The molecule has 4 rings (SSSR count). The minimum Gasteiger partial charge on any atom is -0.463 e. The molecule has 0 radical (unpaired) electrons. The molecule has 0 aliphatic rings. The number of nitrogens with one attached hydrogen (secondary N) is 2. The molecular formula is C23H16N2O4. The predicted octanol–water partition coefficient (Wildman–Crippen LogP) is 4.12. The van der Waals surface area contributed by atoms with Gasteiger partial charge < -0.3 is 14.7 Å². The lowest BCUT2D eigenvalue weighted by atomic mass is 10.0. The van der Waals surface area contributed by atoms with Crippen molar-refractivity contribution in [3.05, 3.63) is 112 Å². The molecule has 0 fully saturated rings. The van der Waals surface area contributed by atoms with Gasteiger partial charge in [-0.3, -0.25) is 14.4 Å². The van der Waals surface area contributed by atoms with Gasteiger partial charge in [0.2, 0.25) is 0 Å². The minimum absolute atomic E-state index is 0.0416. The highest BCUT2D eigenvalue weighted by Crippen LogP contribution is 2.17. The molecule has 0 bridgehead atoms. The van der Waals surface area contributed by atoms with Gasteiger partial charge in [-0.2, -0.15) is 0 Å². The van der Waals surface area contributed by atoms with Crippen LogP contribution in [-0.2, 0) is 0 Å². The number of H-pyrrole nitrogens is 1. The van der Waals surface area contributed by atoms with E-state index in [1.54, 1.807) is 66.7 Å². The molecule has 4 aromatic rings. The number of carbonyl (C=O) groups excluding carboxylic acids is 2. The molecule has 0 spiro atoms. The maximum atomic E-state index is 12.6. The van der Waals surface area contributed by atoms with Crippen molar-refractivity contribution in [1.29, 1.82) is 0 Å². The zero-order chi connectivity index (χ0) is 20.2. The van der Waals surface area contributed by atoms with Crippen LogP contribution in [0.1, 0.15) is 26.3 Å². The molecule has 2 heterocycles. The van der Waals surface area contributed by atoms with Gasteiger partial charge in [0, 0.05) is 16.8 Å². The van der Waals surface area contributed by atoms with E-state index in [1.165, 1.54) is 12.3 Å². The van der Waals surface area contributed by atoms with Gasteiger partial charge in [-0.05, 0) is 36.4 Å². The second-order valence-electron chi connectivity index (χ2n) is 6.32. The van der Waals surface area contributed by atoms with Gasteiger partial charge in [0.25, 0.3) is 11.5 Å². The SMILES string of the molecule is O=C(c1ccccc1)c1cccc(NC(=O)c2ccc(-c3ccco3)[nH]c2=O)c1. The number of hydrogen-bond donors (Lipinski definition) is 2. The number of furan rings is 1. The van der Waals surface area contributed by atoms with Crippen molar-refractivity contribution in [2.75, 3.05) is 5.32 Å². The lowest BCUT2D eigenvalue weighted by Crippen LogP contribution is -2.23. The number of aromatic nitrogens is 1. The Morgan fingerprint density at radius 2 is 1.62 bits per heavy atom. The fraction of sp³-hybridized carbons (Fsp3) is 0. The molecule has 2 N–H and O–H groups in total. The quantitative estimate of drug-likeness (QED) is 0.506. The second kappa shape index (κ2) is 7.82. The summed E-state index contributed by atoms with van der Waals surface area (Å²) in [7, 11) is 0. The predicted molar refractivity (Wildman–Crippen MR) is 109 cm³/mol. The zero-order valence-electron chi connectivity index (χ0n) is 15.2. The Labute approximate surface area is 165 Å². The maximum Gasteiger partial charge on any atom is 0.261 e. The van der Waals surface area contributed by atoms with Crippen molar-refractivity contribution in [3.63, 3.8) is 0 Å². The van der Waals surface area contributed by atoms with Crippen LogP contribution in [0.15, 0.2) is 94.3 Å². The molecule has 0 aliphatic heterocycles. The van der Waals surface area contributed by atoms with Crippen molar-refractivity contribution in [1.82, 2.24) is 4.98 Å². The average Bonchev–Trinajstić information content (AvgIpc) is 3.29. The number of anilines is 1. The number of aromatic amines is 1. The largest absolute Gasteiger partial charge is 0.463 e.